The van der Waals surface area contributed by atoms with Crippen molar-refractivity contribution in [3.8, 4) is 16.9 Å². The second-order valence-electron chi connectivity index (χ2n) is 7.03. The molecule has 0 saturated heterocycles. The molecular weight excluding hydrogens is 346 g/mol. The minimum atomic E-state index is -0.525. The van der Waals surface area contributed by atoms with Gasteiger partial charge in [0.05, 0.1) is 5.41 Å². The van der Waals surface area contributed by atoms with Crippen LogP contribution in [0.4, 0.5) is 5.69 Å². The highest BCUT2D eigenvalue weighted by Crippen LogP contribution is 2.56. The first-order valence-electron chi connectivity index (χ1n) is 9.18. The Morgan fingerprint density at radius 2 is 1.07 bits per heavy atom. The van der Waals surface area contributed by atoms with Gasteiger partial charge in [0.2, 0.25) is 0 Å². The number of rotatable bonds is 3. The zero-order valence-corrected chi connectivity index (χ0v) is 15.0. The molecule has 0 fully saturated rings. The van der Waals surface area contributed by atoms with E-state index in [2.05, 4.69) is 53.7 Å². The van der Waals surface area contributed by atoms with E-state index in [1.54, 1.807) is 24.3 Å². The van der Waals surface area contributed by atoms with E-state index in [0.29, 0.717) is 5.69 Å². The molecule has 0 bridgehead atoms. The summed E-state index contributed by atoms with van der Waals surface area (Å²) in [6.07, 6.45) is 0. The number of hydrogen-bond acceptors (Lipinski definition) is 3. The monoisotopic (exact) mass is 363 g/mol. The van der Waals surface area contributed by atoms with Gasteiger partial charge in [0.15, 0.2) is 0 Å². The number of hydrogen-bond donors (Lipinski definition) is 1. The maximum absolute atomic E-state index is 10.9. The van der Waals surface area contributed by atoms with E-state index >= 15 is 0 Å². The standard InChI is InChI=1S/C25H17NO2/c27-20-15-11-18(12-16-20)25(17-9-13-19(26-28)14-10-17)23-7-3-1-5-21(23)22-6-2-4-8-24(22)25/h1-16,27H. The Morgan fingerprint density at radius 1 is 0.607 bits per heavy atom. The summed E-state index contributed by atoms with van der Waals surface area (Å²) in [4.78, 5) is 10.9. The van der Waals surface area contributed by atoms with Crippen LogP contribution in [0.25, 0.3) is 11.1 Å². The van der Waals surface area contributed by atoms with Crippen LogP contribution in [0.3, 0.4) is 0 Å². The number of phenolic OH excluding ortho intramolecular Hbond substituents is 1. The van der Waals surface area contributed by atoms with Crippen LogP contribution >= 0.6 is 0 Å². The molecule has 0 atom stereocenters. The lowest BCUT2D eigenvalue weighted by Gasteiger charge is -2.33. The van der Waals surface area contributed by atoms with Gasteiger partial charge < -0.3 is 5.11 Å². The van der Waals surface area contributed by atoms with Gasteiger partial charge in [-0.3, -0.25) is 0 Å². The predicted molar refractivity (Wildman–Crippen MR) is 111 cm³/mol. The number of nitrogens with zero attached hydrogens (tertiary/aromatic N) is 1. The summed E-state index contributed by atoms with van der Waals surface area (Å²) < 4.78 is 0. The van der Waals surface area contributed by atoms with Crippen molar-refractivity contribution in [1.29, 1.82) is 0 Å². The molecule has 0 unspecified atom stereocenters. The fourth-order valence-electron chi connectivity index (χ4n) is 4.51. The third-order valence-electron chi connectivity index (χ3n) is 5.66. The SMILES string of the molecule is O=Nc1ccc(C2(c3ccc(O)cc3)c3ccccc3-c3ccccc32)cc1. The topological polar surface area (TPSA) is 49.7 Å². The lowest BCUT2D eigenvalue weighted by Crippen LogP contribution is -2.28. The first-order chi connectivity index (χ1) is 13.7. The summed E-state index contributed by atoms with van der Waals surface area (Å²) in [7, 11) is 0. The number of aromatic hydroxyl groups is 1. The van der Waals surface area contributed by atoms with E-state index in [1.165, 1.54) is 22.3 Å². The summed E-state index contributed by atoms with van der Waals surface area (Å²) in [6.45, 7) is 0. The second-order valence-corrected chi connectivity index (χ2v) is 7.03. The van der Waals surface area contributed by atoms with Gasteiger partial charge in [0.1, 0.15) is 11.4 Å². The molecule has 1 aliphatic carbocycles. The van der Waals surface area contributed by atoms with Gasteiger partial charge in [-0.25, -0.2) is 0 Å². The predicted octanol–water partition coefficient (Wildman–Crippen LogP) is 6.15. The molecule has 0 amide bonds. The lowest BCUT2D eigenvalue weighted by atomic mass is 9.67. The van der Waals surface area contributed by atoms with Crippen molar-refractivity contribution in [2.75, 3.05) is 0 Å². The van der Waals surface area contributed by atoms with E-state index in [4.69, 9.17) is 0 Å². The minimum absolute atomic E-state index is 0.235. The number of fused-ring (bicyclic) bond motifs is 3. The Labute approximate surface area is 162 Å². The molecule has 0 aliphatic heterocycles. The summed E-state index contributed by atoms with van der Waals surface area (Å²) >= 11 is 0. The molecule has 1 N–H and O–H groups in total. The van der Waals surface area contributed by atoms with Gasteiger partial charge in [0, 0.05) is 0 Å². The molecule has 3 nitrogen and oxygen atoms in total. The van der Waals surface area contributed by atoms with E-state index in [-0.39, 0.29) is 5.75 Å². The van der Waals surface area contributed by atoms with Gasteiger partial charge in [-0.1, -0.05) is 72.8 Å². The summed E-state index contributed by atoms with van der Waals surface area (Å²) in [6, 6.07) is 31.7. The third kappa shape index (κ3) is 2.16. The van der Waals surface area contributed by atoms with Gasteiger partial charge in [-0.05, 0) is 62.8 Å². The maximum Gasteiger partial charge on any atom is 0.115 e. The molecule has 0 spiro atoms. The summed E-state index contributed by atoms with van der Waals surface area (Å²) in [5.74, 6) is 0.235. The molecule has 4 aromatic rings. The Kier molecular flexibility index (Phi) is 3.63. The Hall–Kier alpha value is -3.72. The fourth-order valence-corrected chi connectivity index (χ4v) is 4.51. The average molecular weight is 363 g/mol. The van der Waals surface area contributed by atoms with Crippen LogP contribution < -0.4 is 0 Å². The van der Waals surface area contributed by atoms with Crippen LogP contribution in [0, 0.1) is 4.91 Å². The molecular formula is C25H17NO2. The van der Waals surface area contributed by atoms with Crippen molar-refractivity contribution >= 4 is 5.69 Å². The number of nitroso groups, excluding NO2 is 1. The quantitative estimate of drug-likeness (QED) is 0.391. The highest BCUT2D eigenvalue weighted by atomic mass is 16.3. The van der Waals surface area contributed by atoms with Crippen molar-refractivity contribution in [2.24, 2.45) is 5.18 Å². The van der Waals surface area contributed by atoms with E-state index in [1.807, 2.05) is 24.3 Å². The number of benzene rings is 4. The molecule has 28 heavy (non-hydrogen) atoms. The zero-order valence-electron chi connectivity index (χ0n) is 15.0. The first-order valence-corrected chi connectivity index (χ1v) is 9.18. The average Bonchev–Trinajstić information content (AvgIpc) is 3.06. The molecule has 134 valence electrons. The van der Waals surface area contributed by atoms with Crippen molar-refractivity contribution in [3.05, 3.63) is 124 Å². The fraction of sp³-hybridized carbons (Fsp3) is 0.0400. The number of phenols is 1. The second kappa shape index (κ2) is 6.17. The highest BCUT2D eigenvalue weighted by molar-refractivity contribution is 5.86. The molecule has 5 rings (SSSR count). The van der Waals surface area contributed by atoms with Crippen LogP contribution in [-0.4, -0.2) is 5.11 Å². The van der Waals surface area contributed by atoms with Gasteiger partial charge in [-0.2, -0.15) is 0 Å². The van der Waals surface area contributed by atoms with E-state index < -0.39 is 5.41 Å². The lowest BCUT2D eigenvalue weighted by molar-refractivity contribution is 0.475. The molecule has 3 heteroatoms. The minimum Gasteiger partial charge on any atom is -0.508 e. The van der Waals surface area contributed by atoms with Crippen LogP contribution in [0.15, 0.2) is 102 Å². The molecule has 0 radical (unpaired) electrons. The molecule has 0 aromatic heterocycles. The smallest absolute Gasteiger partial charge is 0.115 e. The Bertz CT molecular complexity index is 1130. The molecule has 0 heterocycles. The van der Waals surface area contributed by atoms with Crippen LogP contribution in [0.5, 0.6) is 5.75 Å². The Balaban J connectivity index is 1.92. The van der Waals surface area contributed by atoms with Crippen LogP contribution in [0.2, 0.25) is 0 Å². The van der Waals surface area contributed by atoms with Gasteiger partial charge in [0.25, 0.3) is 0 Å². The van der Waals surface area contributed by atoms with E-state index in [9.17, 15) is 10.0 Å². The largest absolute Gasteiger partial charge is 0.508 e. The van der Waals surface area contributed by atoms with Crippen LogP contribution in [-0.2, 0) is 5.41 Å². The molecule has 1 aliphatic rings. The molecule has 0 saturated carbocycles. The maximum atomic E-state index is 10.9. The summed E-state index contributed by atoms with van der Waals surface area (Å²) in [5.41, 5.74) is 6.78. The van der Waals surface area contributed by atoms with Crippen molar-refractivity contribution in [1.82, 2.24) is 0 Å². The van der Waals surface area contributed by atoms with Gasteiger partial charge >= 0.3 is 0 Å². The van der Waals surface area contributed by atoms with Crippen molar-refractivity contribution in [2.45, 2.75) is 5.41 Å². The van der Waals surface area contributed by atoms with Crippen molar-refractivity contribution < 1.29 is 5.11 Å². The Morgan fingerprint density at radius 3 is 1.57 bits per heavy atom. The van der Waals surface area contributed by atoms with Gasteiger partial charge in [-0.15, -0.1) is 4.91 Å². The summed E-state index contributed by atoms with van der Waals surface area (Å²) in [5, 5.41) is 12.9. The normalized spacial score (nSPS) is 13.6. The van der Waals surface area contributed by atoms with E-state index in [0.717, 1.165) is 11.1 Å². The zero-order chi connectivity index (χ0) is 19.1. The molecule has 4 aromatic carbocycles. The van der Waals surface area contributed by atoms with Crippen LogP contribution in [0.1, 0.15) is 22.3 Å². The first kappa shape index (κ1) is 16.5. The van der Waals surface area contributed by atoms with Crippen molar-refractivity contribution in [3.63, 3.8) is 0 Å². The third-order valence-corrected chi connectivity index (χ3v) is 5.66. The highest BCUT2D eigenvalue weighted by Gasteiger charge is 2.45.